The van der Waals surface area contributed by atoms with Crippen molar-refractivity contribution in [2.45, 2.75) is 13.3 Å². The molecule has 0 aliphatic heterocycles. The molecule has 0 spiro atoms. The summed E-state index contributed by atoms with van der Waals surface area (Å²) < 4.78 is 55.8. The van der Waals surface area contributed by atoms with Crippen molar-refractivity contribution < 1.29 is 22.3 Å². The Morgan fingerprint density at radius 2 is 1.47 bits per heavy atom. The van der Waals surface area contributed by atoms with Crippen molar-refractivity contribution in [3.63, 3.8) is 0 Å². The average Bonchev–Trinajstić information content (AvgIpc) is 2.24. The van der Waals surface area contributed by atoms with Crippen molar-refractivity contribution in [3.05, 3.63) is 27.7 Å². The molecule has 1 aromatic carbocycles. The zero-order valence-electron chi connectivity index (χ0n) is 7.71. The number of ether oxygens (including phenoxy) is 1. The molecule has 0 heterocycles. The summed E-state index contributed by atoms with van der Waals surface area (Å²) in [6, 6.07) is 0. The topological polar surface area (TPSA) is 9.23 Å². The molecule has 84 valence electrons. The first-order chi connectivity index (χ1) is 7.00. The Morgan fingerprint density at radius 3 is 1.87 bits per heavy atom. The van der Waals surface area contributed by atoms with Crippen molar-refractivity contribution in [2.75, 3.05) is 6.61 Å². The predicted octanol–water partition coefficient (Wildman–Crippen LogP) is 3.79. The molecule has 0 atom stereocenters. The third-order valence-corrected chi connectivity index (χ3v) is 2.32. The Bertz CT molecular complexity index is 352. The minimum atomic E-state index is -1.53. The Morgan fingerprint density at radius 1 is 1.00 bits per heavy atom. The fourth-order valence-corrected chi connectivity index (χ4v) is 1.26. The van der Waals surface area contributed by atoms with E-state index in [9.17, 15) is 17.6 Å². The molecule has 0 fully saturated rings. The van der Waals surface area contributed by atoms with Crippen molar-refractivity contribution in [1.82, 2.24) is 0 Å². The summed E-state index contributed by atoms with van der Waals surface area (Å²) in [5, 5.41) is 0. The molecule has 0 saturated carbocycles. The molecular formula is C9H7BrF4O. The normalized spacial score (nSPS) is 10.5. The lowest BCUT2D eigenvalue weighted by atomic mass is 10.3. The van der Waals surface area contributed by atoms with Gasteiger partial charge in [0, 0.05) is 0 Å². The van der Waals surface area contributed by atoms with Gasteiger partial charge >= 0.3 is 0 Å². The van der Waals surface area contributed by atoms with E-state index in [0.717, 1.165) is 0 Å². The Labute approximate surface area is 92.2 Å². The molecule has 0 aliphatic carbocycles. The molecule has 6 heteroatoms. The SMILES string of the molecule is CCCOc1c(F)c(F)c(Br)c(F)c1F. The highest BCUT2D eigenvalue weighted by molar-refractivity contribution is 9.10. The smallest absolute Gasteiger partial charge is 0.205 e. The van der Waals surface area contributed by atoms with E-state index in [-0.39, 0.29) is 6.61 Å². The summed E-state index contributed by atoms with van der Waals surface area (Å²) in [4.78, 5) is 0. The van der Waals surface area contributed by atoms with Gasteiger partial charge in [-0.05, 0) is 22.4 Å². The van der Waals surface area contributed by atoms with Gasteiger partial charge in [-0.15, -0.1) is 0 Å². The lowest BCUT2D eigenvalue weighted by molar-refractivity contribution is 0.270. The van der Waals surface area contributed by atoms with Gasteiger partial charge < -0.3 is 4.74 Å². The van der Waals surface area contributed by atoms with Crippen LogP contribution >= 0.6 is 15.9 Å². The van der Waals surface area contributed by atoms with Crippen LogP contribution in [0.5, 0.6) is 5.75 Å². The highest BCUT2D eigenvalue weighted by Crippen LogP contribution is 2.32. The van der Waals surface area contributed by atoms with E-state index in [1.165, 1.54) is 0 Å². The molecule has 15 heavy (non-hydrogen) atoms. The van der Waals surface area contributed by atoms with Crippen LogP contribution < -0.4 is 4.74 Å². The van der Waals surface area contributed by atoms with Crippen LogP contribution in [-0.4, -0.2) is 6.61 Å². The van der Waals surface area contributed by atoms with E-state index in [1.54, 1.807) is 6.92 Å². The van der Waals surface area contributed by atoms with Crippen LogP contribution in [-0.2, 0) is 0 Å². The van der Waals surface area contributed by atoms with E-state index in [2.05, 4.69) is 20.7 Å². The van der Waals surface area contributed by atoms with Crippen molar-refractivity contribution in [1.29, 1.82) is 0 Å². The highest BCUT2D eigenvalue weighted by atomic mass is 79.9. The van der Waals surface area contributed by atoms with Gasteiger partial charge in [0.25, 0.3) is 0 Å². The minimum absolute atomic E-state index is 0.0195. The number of hydrogen-bond donors (Lipinski definition) is 0. The molecule has 0 aromatic heterocycles. The predicted molar refractivity (Wildman–Crippen MR) is 49.8 cm³/mol. The lowest BCUT2D eigenvalue weighted by Gasteiger charge is -2.09. The first-order valence-electron chi connectivity index (χ1n) is 4.14. The number of benzene rings is 1. The summed E-state index contributed by atoms with van der Waals surface area (Å²) in [5.74, 6) is -7.08. The fraction of sp³-hybridized carbons (Fsp3) is 0.333. The lowest BCUT2D eigenvalue weighted by Crippen LogP contribution is -2.05. The van der Waals surface area contributed by atoms with E-state index in [4.69, 9.17) is 0 Å². The Hall–Kier alpha value is -0.780. The van der Waals surface area contributed by atoms with E-state index in [1.807, 2.05) is 0 Å². The maximum absolute atomic E-state index is 13.1. The van der Waals surface area contributed by atoms with E-state index >= 15 is 0 Å². The zero-order valence-corrected chi connectivity index (χ0v) is 9.30. The monoisotopic (exact) mass is 286 g/mol. The van der Waals surface area contributed by atoms with Gasteiger partial charge in [-0.2, -0.15) is 8.78 Å². The second kappa shape index (κ2) is 4.83. The van der Waals surface area contributed by atoms with Crippen LogP contribution in [0.15, 0.2) is 4.47 Å². The van der Waals surface area contributed by atoms with Crippen LogP contribution in [0.4, 0.5) is 17.6 Å². The second-order valence-corrected chi connectivity index (χ2v) is 3.54. The third kappa shape index (κ3) is 2.25. The van der Waals surface area contributed by atoms with Gasteiger partial charge in [0.1, 0.15) is 0 Å². The van der Waals surface area contributed by atoms with Crippen molar-refractivity contribution >= 4 is 15.9 Å². The zero-order chi connectivity index (χ0) is 11.6. The molecule has 0 unspecified atom stereocenters. The second-order valence-electron chi connectivity index (χ2n) is 2.75. The highest BCUT2D eigenvalue weighted by Gasteiger charge is 2.25. The summed E-state index contributed by atoms with van der Waals surface area (Å²) in [7, 11) is 0. The first-order valence-corrected chi connectivity index (χ1v) is 4.94. The first kappa shape index (κ1) is 12.3. The molecule has 0 bridgehead atoms. The van der Waals surface area contributed by atoms with Gasteiger partial charge in [0.15, 0.2) is 17.4 Å². The van der Waals surface area contributed by atoms with E-state index < -0.39 is 33.5 Å². The van der Waals surface area contributed by atoms with Gasteiger partial charge in [-0.25, -0.2) is 8.78 Å². The van der Waals surface area contributed by atoms with Crippen LogP contribution in [0.2, 0.25) is 0 Å². The number of halogens is 5. The van der Waals surface area contributed by atoms with Crippen LogP contribution in [0.25, 0.3) is 0 Å². The summed E-state index contributed by atoms with van der Waals surface area (Å²) in [6.07, 6.45) is 0.470. The van der Waals surface area contributed by atoms with Gasteiger partial charge in [-0.1, -0.05) is 6.92 Å². The van der Waals surface area contributed by atoms with E-state index in [0.29, 0.717) is 6.42 Å². The van der Waals surface area contributed by atoms with Crippen LogP contribution in [0, 0.1) is 23.3 Å². The largest absolute Gasteiger partial charge is 0.487 e. The van der Waals surface area contributed by atoms with Crippen LogP contribution in [0.3, 0.4) is 0 Å². The molecule has 0 aliphatic rings. The maximum Gasteiger partial charge on any atom is 0.205 e. The molecule has 1 aromatic rings. The van der Waals surface area contributed by atoms with Gasteiger partial charge in [-0.3, -0.25) is 0 Å². The fourth-order valence-electron chi connectivity index (χ4n) is 0.916. The number of hydrogen-bond acceptors (Lipinski definition) is 1. The molecule has 0 radical (unpaired) electrons. The Balaban J connectivity index is 3.26. The van der Waals surface area contributed by atoms with Crippen molar-refractivity contribution in [3.8, 4) is 5.75 Å². The quantitative estimate of drug-likeness (QED) is 0.467. The number of rotatable bonds is 3. The Kier molecular flexibility index (Phi) is 3.96. The third-order valence-electron chi connectivity index (χ3n) is 1.62. The van der Waals surface area contributed by atoms with Gasteiger partial charge in [0.2, 0.25) is 11.6 Å². The summed E-state index contributed by atoms with van der Waals surface area (Å²) in [5.41, 5.74) is 0. The molecule has 0 saturated heterocycles. The molecule has 0 amide bonds. The summed E-state index contributed by atoms with van der Waals surface area (Å²) >= 11 is 2.40. The molecular weight excluding hydrogens is 280 g/mol. The molecule has 0 N–H and O–H groups in total. The average molecular weight is 287 g/mol. The van der Waals surface area contributed by atoms with Gasteiger partial charge in [0.05, 0.1) is 11.1 Å². The maximum atomic E-state index is 13.1. The van der Waals surface area contributed by atoms with Crippen molar-refractivity contribution in [2.24, 2.45) is 0 Å². The summed E-state index contributed by atoms with van der Waals surface area (Å²) in [6.45, 7) is 1.68. The van der Waals surface area contributed by atoms with Crippen LogP contribution in [0.1, 0.15) is 13.3 Å². The minimum Gasteiger partial charge on any atom is -0.487 e. The molecule has 1 rings (SSSR count). The molecule has 1 nitrogen and oxygen atoms in total. The standard InChI is InChI=1S/C9H7BrF4O/c1-2-3-15-9-7(13)5(11)4(10)6(12)8(9)14/h2-3H2,1H3.